The van der Waals surface area contributed by atoms with Crippen LogP contribution in [0.15, 0.2) is 59.5 Å². The van der Waals surface area contributed by atoms with Crippen LogP contribution in [0.4, 0.5) is 5.69 Å². The Kier molecular flexibility index (Phi) is 8.15. The van der Waals surface area contributed by atoms with Crippen LogP contribution in [0.1, 0.15) is 17.3 Å². The van der Waals surface area contributed by atoms with E-state index in [2.05, 4.69) is 10.6 Å². The molecule has 3 rings (SSSR count). The van der Waals surface area contributed by atoms with Gasteiger partial charge in [0.25, 0.3) is 11.8 Å². The minimum atomic E-state index is -3.64. The van der Waals surface area contributed by atoms with Gasteiger partial charge in [0.1, 0.15) is 6.54 Å². The van der Waals surface area contributed by atoms with E-state index < -0.39 is 33.9 Å². The zero-order chi connectivity index (χ0) is 23.8. The van der Waals surface area contributed by atoms with Gasteiger partial charge in [0, 0.05) is 24.3 Å². The van der Waals surface area contributed by atoms with E-state index in [1.807, 2.05) is 0 Å². The van der Waals surface area contributed by atoms with Crippen molar-refractivity contribution < 1.29 is 32.3 Å². The zero-order valence-electron chi connectivity index (χ0n) is 18.0. The Bertz CT molecular complexity index is 1080. The molecule has 1 aliphatic rings. The first-order valence-corrected chi connectivity index (χ1v) is 11.7. The lowest BCUT2D eigenvalue weighted by atomic mass is 10.2. The molecule has 0 spiro atoms. The van der Waals surface area contributed by atoms with Gasteiger partial charge in [-0.1, -0.05) is 18.2 Å². The molecule has 10 nitrogen and oxygen atoms in total. The summed E-state index contributed by atoms with van der Waals surface area (Å²) < 4.78 is 36.9. The number of benzene rings is 2. The fraction of sp³-hybridized carbons (Fsp3) is 0.318. The summed E-state index contributed by atoms with van der Waals surface area (Å²) in [7, 11) is -3.64. The highest BCUT2D eigenvalue weighted by molar-refractivity contribution is 7.89. The summed E-state index contributed by atoms with van der Waals surface area (Å²) in [5, 5.41) is 4.99. The molecule has 1 aliphatic heterocycles. The predicted octanol–water partition coefficient (Wildman–Crippen LogP) is 1.01. The lowest BCUT2D eigenvalue weighted by Crippen LogP contribution is -2.40. The first-order valence-electron chi connectivity index (χ1n) is 10.3. The normalized spacial score (nSPS) is 15.3. The Labute approximate surface area is 191 Å². The van der Waals surface area contributed by atoms with Crippen molar-refractivity contribution in [1.29, 1.82) is 0 Å². The van der Waals surface area contributed by atoms with Crippen LogP contribution in [0.3, 0.4) is 0 Å². The quantitative estimate of drug-likeness (QED) is 0.545. The average molecular weight is 476 g/mol. The van der Waals surface area contributed by atoms with Crippen molar-refractivity contribution in [2.75, 3.05) is 38.2 Å². The number of rotatable bonds is 8. The summed E-state index contributed by atoms with van der Waals surface area (Å²) in [5.41, 5.74) is 0.747. The number of carbonyl (C=O) groups is 3. The van der Waals surface area contributed by atoms with Gasteiger partial charge in [0.05, 0.1) is 18.1 Å². The van der Waals surface area contributed by atoms with Gasteiger partial charge in [-0.15, -0.1) is 0 Å². The summed E-state index contributed by atoms with van der Waals surface area (Å²) in [6.45, 7) is 2.27. The number of carbonyl (C=O) groups excluding carboxylic acids is 3. The molecule has 1 saturated heterocycles. The molecule has 1 unspecified atom stereocenters. The fourth-order valence-electron chi connectivity index (χ4n) is 3.03. The first-order chi connectivity index (χ1) is 15.8. The van der Waals surface area contributed by atoms with Gasteiger partial charge in [-0.3, -0.25) is 14.4 Å². The molecular formula is C22H25N3O7S. The van der Waals surface area contributed by atoms with Gasteiger partial charge in [0.2, 0.25) is 10.0 Å². The van der Waals surface area contributed by atoms with E-state index in [0.717, 1.165) is 0 Å². The molecule has 1 atom stereocenters. The van der Waals surface area contributed by atoms with Crippen molar-refractivity contribution in [2.45, 2.75) is 17.9 Å². The predicted molar refractivity (Wildman–Crippen MR) is 119 cm³/mol. The molecule has 0 aliphatic carbocycles. The number of nitrogens with zero attached hydrogens (tertiary/aromatic N) is 1. The van der Waals surface area contributed by atoms with E-state index in [1.165, 1.54) is 35.5 Å². The second-order valence-electron chi connectivity index (χ2n) is 7.21. The van der Waals surface area contributed by atoms with Gasteiger partial charge < -0.3 is 20.1 Å². The average Bonchev–Trinajstić information content (AvgIpc) is 2.84. The molecule has 2 amide bonds. The highest BCUT2D eigenvalue weighted by Crippen LogP contribution is 2.19. The van der Waals surface area contributed by atoms with Gasteiger partial charge in [-0.2, -0.15) is 4.31 Å². The summed E-state index contributed by atoms with van der Waals surface area (Å²) in [4.78, 5) is 36.3. The standard InChI is InChI=1S/C22H25N3O7S/c1-16(32-20(26)15-23-22(28)17-5-3-2-4-6-17)21(27)24-18-7-9-19(10-8-18)33(29,30)25-11-13-31-14-12-25/h2-10,16H,11-15H2,1H3,(H,23,28)(H,24,27). The maximum atomic E-state index is 12.6. The third-order valence-electron chi connectivity index (χ3n) is 4.84. The highest BCUT2D eigenvalue weighted by Gasteiger charge is 2.26. The Balaban J connectivity index is 1.49. The lowest BCUT2D eigenvalue weighted by molar-refractivity contribution is -0.152. The van der Waals surface area contributed by atoms with Crippen LogP contribution in [0, 0.1) is 0 Å². The summed E-state index contributed by atoms with van der Waals surface area (Å²) in [6, 6.07) is 14.1. The van der Waals surface area contributed by atoms with Crippen LogP contribution in [0.5, 0.6) is 0 Å². The number of sulfonamides is 1. The third kappa shape index (κ3) is 6.60. The van der Waals surface area contributed by atoms with Crippen LogP contribution < -0.4 is 10.6 Å². The largest absolute Gasteiger partial charge is 0.451 e. The second kappa shape index (κ2) is 11.0. The molecule has 33 heavy (non-hydrogen) atoms. The van der Waals surface area contributed by atoms with Crippen LogP contribution in [-0.2, 0) is 29.1 Å². The fourth-order valence-corrected chi connectivity index (χ4v) is 4.43. The van der Waals surface area contributed by atoms with Crippen LogP contribution in [0.2, 0.25) is 0 Å². The minimum Gasteiger partial charge on any atom is -0.451 e. The molecule has 0 saturated carbocycles. The number of anilines is 1. The Hall–Kier alpha value is -3.28. The Morgan fingerprint density at radius 1 is 1.03 bits per heavy atom. The van der Waals surface area contributed by atoms with Gasteiger partial charge >= 0.3 is 5.97 Å². The number of nitrogens with one attached hydrogen (secondary N) is 2. The van der Waals surface area contributed by atoms with E-state index in [-0.39, 0.29) is 24.5 Å². The van der Waals surface area contributed by atoms with Crippen molar-refractivity contribution in [1.82, 2.24) is 9.62 Å². The van der Waals surface area contributed by atoms with E-state index >= 15 is 0 Å². The summed E-state index contributed by atoms with van der Waals surface area (Å²) in [5.74, 6) is -1.80. The molecule has 11 heteroatoms. The molecule has 0 aromatic heterocycles. The molecule has 2 aromatic rings. The molecule has 1 fully saturated rings. The zero-order valence-corrected chi connectivity index (χ0v) is 18.8. The Morgan fingerprint density at radius 3 is 2.30 bits per heavy atom. The topological polar surface area (TPSA) is 131 Å². The number of ether oxygens (including phenoxy) is 2. The van der Waals surface area contributed by atoms with Crippen molar-refractivity contribution in [3.05, 3.63) is 60.2 Å². The van der Waals surface area contributed by atoms with Crippen LogP contribution in [0.25, 0.3) is 0 Å². The molecule has 2 aromatic carbocycles. The lowest BCUT2D eigenvalue weighted by Gasteiger charge is -2.26. The van der Waals surface area contributed by atoms with E-state index in [9.17, 15) is 22.8 Å². The van der Waals surface area contributed by atoms with Crippen molar-refractivity contribution in [3.63, 3.8) is 0 Å². The van der Waals surface area contributed by atoms with E-state index in [1.54, 1.807) is 30.3 Å². The number of hydrogen-bond donors (Lipinski definition) is 2. The third-order valence-corrected chi connectivity index (χ3v) is 6.75. The molecule has 0 radical (unpaired) electrons. The molecule has 2 N–H and O–H groups in total. The number of morpholine rings is 1. The smallest absolute Gasteiger partial charge is 0.326 e. The summed E-state index contributed by atoms with van der Waals surface area (Å²) in [6.07, 6.45) is -1.12. The van der Waals surface area contributed by atoms with E-state index in [4.69, 9.17) is 9.47 Å². The SMILES string of the molecule is CC(OC(=O)CNC(=O)c1ccccc1)C(=O)Nc1ccc(S(=O)(=O)N2CCOCC2)cc1. The maximum absolute atomic E-state index is 12.6. The van der Waals surface area contributed by atoms with Gasteiger partial charge in [-0.05, 0) is 43.3 Å². The highest BCUT2D eigenvalue weighted by atomic mass is 32.2. The van der Waals surface area contributed by atoms with Crippen LogP contribution in [-0.4, -0.2) is 69.5 Å². The molecule has 0 bridgehead atoms. The van der Waals surface area contributed by atoms with Gasteiger partial charge in [-0.25, -0.2) is 8.42 Å². The van der Waals surface area contributed by atoms with Crippen molar-refractivity contribution in [2.24, 2.45) is 0 Å². The number of hydrogen-bond acceptors (Lipinski definition) is 7. The molecule has 1 heterocycles. The van der Waals surface area contributed by atoms with E-state index in [0.29, 0.717) is 24.5 Å². The summed E-state index contributed by atoms with van der Waals surface area (Å²) >= 11 is 0. The number of amides is 2. The van der Waals surface area contributed by atoms with Crippen molar-refractivity contribution >= 4 is 33.5 Å². The van der Waals surface area contributed by atoms with Crippen LogP contribution >= 0.6 is 0 Å². The number of esters is 1. The van der Waals surface area contributed by atoms with Gasteiger partial charge in [0.15, 0.2) is 6.10 Å². The maximum Gasteiger partial charge on any atom is 0.326 e. The molecular weight excluding hydrogens is 450 g/mol. The second-order valence-corrected chi connectivity index (χ2v) is 9.15. The van der Waals surface area contributed by atoms with Crippen molar-refractivity contribution in [3.8, 4) is 0 Å². The minimum absolute atomic E-state index is 0.107. The first kappa shape index (κ1) is 24.4. The monoisotopic (exact) mass is 475 g/mol. The molecule has 176 valence electrons. The Morgan fingerprint density at radius 2 is 1.67 bits per heavy atom.